The number of thioether (sulfide) groups is 2. The second-order valence-corrected chi connectivity index (χ2v) is 19.4. The van der Waals surface area contributed by atoms with Crippen LogP contribution in [0.2, 0.25) is 0 Å². The summed E-state index contributed by atoms with van der Waals surface area (Å²) in [4.78, 5) is 40.1. The number of rotatable bonds is 45. The number of nitrogens with zero attached hydrogens (tertiary/aromatic N) is 1. The van der Waals surface area contributed by atoms with Crippen LogP contribution in [0, 0.1) is 0 Å². The summed E-state index contributed by atoms with van der Waals surface area (Å²) in [5.74, 6) is 3.85. The molecule has 0 aromatic rings. The van der Waals surface area contributed by atoms with Gasteiger partial charge in [-0.05, 0) is 116 Å². The Morgan fingerprint density at radius 2 is 0.707 bits per heavy atom. The number of unbranched alkanes of at least 4 members (excludes halogenated alkanes) is 18. The van der Waals surface area contributed by atoms with E-state index in [0.29, 0.717) is 19.3 Å². The summed E-state index contributed by atoms with van der Waals surface area (Å²) in [6.07, 6.45) is 34.0. The Morgan fingerprint density at radius 1 is 0.397 bits per heavy atom. The van der Waals surface area contributed by atoms with Gasteiger partial charge in [0.1, 0.15) is 18.3 Å². The van der Waals surface area contributed by atoms with Crippen molar-refractivity contribution in [3.63, 3.8) is 0 Å². The van der Waals surface area contributed by atoms with Gasteiger partial charge in [0.2, 0.25) is 0 Å². The second-order valence-electron chi connectivity index (χ2n) is 17.1. The van der Waals surface area contributed by atoms with Crippen molar-refractivity contribution in [1.29, 1.82) is 0 Å². The Bertz CT molecular complexity index is 864. The fraction of sp³-hybridized carbons (Fsp3) is 0.939. The van der Waals surface area contributed by atoms with Gasteiger partial charge in [-0.2, -0.15) is 23.5 Å². The van der Waals surface area contributed by atoms with Gasteiger partial charge in [0.25, 0.3) is 0 Å². The molecule has 2 atom stereocenters. The molecule has 0 aliphatic rings. The van der Waals surface area contributed by atoms with Crippen LogP contribution in [0.25, 0.3) is 0 Å². The van der Waals surface area contributed by atoms with Gasteiger partial charge in [-0.1, -0.05) is 130 Å². The number of hydrogen-bond acceptors (Lipinski definition) is 9. The van der Waals surface area contributed by atoms with Crippen LogP contribution in [0.3, 0.4) is 0 Å². The first-order valence-corrected chi connectivity index (χ1v) is 26.9. The third kappa shape index (κ3) is 40.5. The van der Waals surface area contributed by atoms with Gasteiger partial charge in [-0.25, -0.2) is 0 Å². The van der Waals surface area contributed by atoms with E-state index in [2.05, 4.69) is 32.6 Å². The molecule has 0 spiro atoms. The highest BCUT2D eigenvalue weighted by Crippen LogP contribution is 2.21. The monoisotopic (exact) mass is 858 g/mol. The fourth-order valence-corrected chi connectivity index (χ4v) is 9.31. The fourth-order valence-electron chi connectivity index (χ4n) is 7.17. The summed E-state index contributed by atoms with van der Waals surface area (Å²) < 4.78 is 18.0. The molecule has 9 heteroatoms. The van der Waals surface area contributed by atoms with Crippen LogP contribution in [-0.2, 0) is 28.6 Å². The molecule has 2 unspecified atom stereocenters. The van der Waals surface area contributed by atoms with Crippen molar-refractivity contribution in [2.24, 2.45) is 0 Å². The lowest BCUT2D eigenvalue weighted by atomic mass is 10.0. The Morgan fingerprint density at radius 3 is 1.09 bits per heavy atom. The van der Waals surface area contributed by atoms with E-state index in [1.54, 1.807) is 0 Å². The van der Waals surface area contributed by atoms with E-state index >= 15 is 0 Å². The van der Waals surface area contributed by atoms with Crippen LogP contribution in [0.15, 0.2) is 0 Å². The summed E-state index contributed by atoms with van der Waals surface area (Å²) in [6.45, 7) is 9.79. The minimum absolute atomic E-state index is 0.00469. The van der Waals surface area contributed by atoms with Crippen molar-refractivity contribution in [2.75, 3.05) is 43.7 Å². The standard InChI is InChI=1S/C49H95NO6S2/c1-7-11-15-19-27-36-47(51)55-45(34-23-17-13-9-3)42-57-40-29-21-25-32-44(54-49(53)38-31-39-50(5)6)33-26-22-30-41-58-43-46(35-24-18-14-10-4)56-48(52)37-28-20-16-12-8-2/h44-46H,7-43H2,1-6H3. The molecule has 0 amide bonds. The SMILES string of the molecule is CCCCCCCC(=O)OC(CCCCCC)CSCCCCCC(CCCCCSCC(CCCCCC)OC(=O)CCCCCCC)OC(=O)CCCN(C)C. The molecule has 0 bridgehead atoms. The summed E-state index contributed by atoms with van der Waals surface area (Å²) >= 11 is 3.86. The largest absolute Gasteiger partial charge is 0.462 e. The van der Waals surface area contributed by atoms with Gasteiger partial charge in [0, 0.05) is 30.8 Å². The van der Waals surface area contributed by atoms with Crippen molar-refractivity contribution in [1.82, 2.24) is 4.90 Å². The minimum Gasteiger partial charge on any atom is -0.462 e. The number of carbonyl (C=O) groups is 3. The van der Waals surface area contributed by atoms with Crippen LogP contribution >= 0.6 is 23.5 Å². The molecule has 344 valence electrons. The smallest absolute Gasteiger partial charge is 0.306 e. The van der Waals surface area contributed by atoms with Gasteiger partial charge in [0.05, 0.1) is 0 Å². The highest BCUT2D eigenvalue weighted by Gasteiger charge is 2.17. The number of carbonyl (C=O) groups excluding carboxylic acids is 3. The lowest BCUT2D eigenvalue weighted by molar-refractivity contribution is -0.150. The van der Waals surface area contributed by atoms with Crippen molar-refractivity contribution < 1.29 is 28.6 Å². The van der Waals surface area contributed by atoms with Crippen molar-refractivity contribution in [3.8, 4) is 0 Å². The average Bonchev–Trinajstić information content (AvgIpc) is 3.19. The van der Waals surface area contributed by atoms with E-state index in [0.717, 1.165) is 139 Å². The molecule has 0 saturated carbocycles. The number of ether oxygens (including phenoxy) is 3. The summed E-state index contributed by atoms with van der Waals surface area (Å²) in [5, 5.41) is 0. The first-order valence-electron chi connectivity index (χ1n) is 24.6. The van der Waals surface area contributed by atoms with E-state index in [9.17, 15) is 14.4 Å². The van der Waals surface area contributed by atoms with Crippen LogP contribution in [0.5, 0.6) is 0 Å². The zero-order chi connectivity index (χ0) is 42.7. The van der Waals surface area contributed by atoms with Crippen molar-refractivity contribution in [2.45, 2.75) is 251 Å². The zero-order valence-electron chi connectivity index (χ0n) is 39.1. The van der Waals surface area contributed by atoms with Crippen molar-refractivity contribution >= 4 is 41.4 Å². The molecule has 7 nitrogen and oxygen atoms in total. The highest BCUT2D eigenvalue weighted by molar-refractivity contribution is 7.99. The lowest BCUT2D eigenvalue weighted by Crippen LogP contribution is -2.21. The van der Waals surface area contributed by atoms with Gasteiger partial charge in [-0.15, -0.1) is 0 Å². The first kappa shape index (κ1) is 57.1. The molecule has 0 aromatic heterocycles. The van der Waals surface area contributed by atoms with E-state index in [-0.39, 0.29) is 36.2 Å². The number of hydrogen-bond donors (Lipinski definition) is 0. The quantitative estimate of drug-likeness (QED) is 0.0338. The summed E-state index contributed by atoms with van der Waals surface area (Å²) in [7, 11) is 4.08. The summed E-state index contributed by atoms with van der Waals surface area (Å²) in [6, 6.07) is 0. The van der Waals surface area contributed by atoms with Gasteiger partial charge < -0.3 is 19.1 Å². The minimum atomic E-state index is -0.0565. The Hall–Kier alpha value is -0.930. The number of esters is 3. The van der Waals surface area contributed by atoms with E-state index in [1.807, 2.05) is 37.6 Å². The molecule has 0 aliphatic carbocycles. The maximum Gasteiger partial charge on any atom is 0.306 e. The molecule has 0 fully saturated rings. The second kappa shape index (κ2) is 44.1. The maximum atomic E-state index is 12.8. The molecule has 0 rings (SSSR count). The molecule has 0 aromatic carbocycles. The predicted molar refractivity (Wildman–Crippen MR) is 253 cm³/mol. The van der Waals surface area contributed by atoms with E-state index in [1.165, 1.54) is 77.0 Å². The van der Waals surface area contributed by atoms with Crippen LogP contribution in [0.1, 0.15) is 233 Å². The predicted octanol–water partition coefficient (Wildman–Crippen LogP) is 14.3. The molecular weight excluding hydrogens is 763 g/mol. The molecule has 0 N–H and O–H groups in total. The maximum absolute atomic E-state index is 12.8. The summed E-state index contributed by atoms with van der Waals surface area (Å²) in [5.41, 5.74) is 0. The topological polar surface area (TPSA) is 82.1 Å². The van der Waals surface area contributed by atoms with Crippen molar-refractivity contribution in [3.05, 3.63) is 0 Å². The molecule has 0 aliphatic heterocycles. The molecule has 0 radical (unpaired) electrons. The van der Waals surface area contributed by atoms with Crippen LogP contribution < -0.4 is 0 Å². The van der Waals surface area contributed by atoms with Gasteiger partial charge in [0.15, 0.2) is 0 Å². The van der Waals surface area contributed by atoms with E-state index < -0.39 is 0 Å². The molecule has 0 heterocycles. The Labute approximate surface area is 368 Å². The average molecular weight is 858 g/mol. The molecular formula is C49H95NO6S2. The lowest BCUT2D eigenvalue weighted by Gasteiger charge is -2.19. The first-order chi connectivity index (χ1) is 28.2. The normalized spacial score (nSPS) is 13.1. The zero-order valence-corrected chi connectivity index (χ0v) is 40.7. The Kier molecular flexibility index (Phi) is 43.4. The Balaban J connectivity index is 4.71. The van der Waals surface area contributed by atoms with Gasteiger partial charge >= 0.3 is 17.9 Å². The molecule has 0 saturated heterocycles. The van der Waals surface area contributed by atoms with Crippen LogP contribution in [-0.4, -0.2) is 84.8 Å². The van der Waals surface area contributed by atoms with Crippen LogP contribution in [0.4, 0.5) is 0 Å². The third-order valence-electron chi connectivity index (χ3n) is 10.8. The van der Waals surface area contributed by atoms with E-state index in [4.69, 9.17) is 14.2 Å². The van der Waals surface area contributed by atoms with Gasteiger partial charge in [-0.3, -0.25) is 14.4 Å². The molecule has 58 heavy (non-hydrogen) atoms. The highest BCUT2D eigenvalue weighted by atomic mass is 32.2. The third-order valence-corrected chi connectivity index (χ3v) is 13.2.